The molecule has 0 unspecified atom stereocenters. The van der Waals surface area contributed by atoms with Crippen LogP contribution in [0.5, 0.6) is 5.75 Å². The second-order valence-electron chi connectivity index (χ2n) is 4.87. The van der Waals surface area contributed by atoms with E-state index in [-0.39, 0.29) is 18.4 Å². The van der Waals surface area contributed by atoms with E-state index in [1.165, 1.54) is 0 Å². The number of hydrogen-bond donors (Lipinski definition) is 1. The van der Waals surface area contributed by atoms with E-state index < -0.39 is 5.41 Å². The van der Waals surface area contributed by atoms with Gasteiger partial charge in [0.2, 0.25) is 0 Å². The molecule has 0 fully saturated rings. The summed E-state index contributed by atoms with van der Waals surface area (Å²) >= 11 is 0. The number of ether oxygens (including phenoxy) is 1. The van der Waals surface area contributed by atoms with Gasteiger partial charge in [0.1, 0.15) is 5.75 Å². The smallest absolute Gasteiger partial charge is 0.316 e. The van der Waals surface area contributed by atoms with Crippen molar-refractivity contribution < 1.29 is 9.53 Å². The highest BCUT2D eigenvalue weighted by molar-refractivity contribution is 5.85. The Bertz CT molecular complexity index is 525. The third kappa shape index (κ3) is 3.01. The summed E-state index contributed by atoms with van der Waals surface area (Å²) in [6.45, 7) is 5.51. The Kier molecular flexibility index (Phi) is 3.83. The molecule has 0 saturated carbocycles. The van der Waals surface area contributed by atoms with Crippen LogP contribution in [0, 0.1) is 5.41 Å². The summed E-state index contributed by atoms with van der Waals surface area (Å²) in [5, 5.41) is 1.04. The Morgan fingerprint density at radius 3 is 2.59 bits per heavy atom. The Morgan fingerprint density at radius 1 is 1.24 bits per heavy atom. The Labute approximate surface area is 107 Å². The number of nitrogens with one attached hydrogen (secondary N) is 1. The van der Waals surface area contributed by atoms with E-state index in [1.807, 2.05) is 45.2 Å². The maximum atomic E-state index is 11.7. The van der Waals surface area contributed by atoms with Crippen molar-refractivity contribution in [3.05, 3.63) is 30.5 Å². The average molecular weight is 254 g/mol. The lowest BCUT2D eigenvalue weighted by Crippen LogP contribution is -2.25. The summed E-state index contributed by atoms with van der Waals surface area (Å²) < 4.78 is 5.30. The number of halogens is 1. The first-order valence-electron chi connectivity index (χ1n) is 5.26. The molecule has 2 rings (SSSR count). The van der Waals surface area contributed by atoms with E-state index in [1.54, 1.807) is 6.07 Å². The molecule has 2 aromatic rings. The molecule has 1 aromatic heterocycles. The Morgan fingerprint density at radius 2 is 1.94 bits per heavy atom. The first kappa shape index (κ1) is 13.6. The zero-order valence-electron chi connectivity index (χ0n) is 10.1. The molecule has 0 bridgehead atoms. The first-order chi connectivity index (χ1) is 7.47. The van der Waals surface area contributed by atoms with Gasteiger partial charge < -0.3 is 9.72 Å². The van der Waals surface area contributed by atoms with Gasteiger partial charge in [-0.05, 0) is 45.0 Å². The summed E-state index contributed by atoms with van der Waals surface area (Å²) in [5.41, 5.74) is 0.558. The summed E-state index contributed by atoms with van der Waals surface area (Å²) in [7, 11) is 0. The number of hydrogen-bond acceptors (Lipinski definition) is 2. The molecule has 0 radical (unpaired) electrons. The molecule has 4 heteroatoms. The summed E-state index contributed by atoms with van der Waals surface area (Å²) in [6, 6.07) is 7.50. The van der Waals surface area contributed by atoms with Crippen LogP contribution in [0.15, 0.2) is 30.5 Å². The quantitative estimate of drug-likeness (QED) is 0.624. The summed E-state index contributed by atoms with van der Waals surface area (Å²) in [4.78, 5) is 14.8. The summed E-state index contributed by atoms with van der Waals surface area (Å²) in [6.07, 6.45) is 1.86. The molecule has 0 amide bonds. The molecule has 0 aliphatic carbocycles. The van der Waals surface area contributed by atoms with Crippen LogP contribution in [0.3, 0.4) is 0 Å². The van der Waals surface area contributed by atoms with Gasteiger partial charge in [-0.2, -0.15) is 0 Å². The maximum absolute atomic E-state index is 11.7. The minimum Gasteiger partial charge on any atom is -0.426 e. The highest BCUT2D eigenvalue weighted by atomic mass is 35.5. The van der Waals surface area contributed by atoms with Gasteiger partial charge in [-0.1, -0.05) is 0 Å². The van der Waals surface area contributed by atoms with Crippen molar-refractivity contribution >= 4 is 29.3 Å². The van der Waals surface area contributed by atoms with Gasteiger partial charge in [0, 0.05) is 17.1 Å². The van der Waals surface area contributed by atoms with Crippen LogP contribution >= 0.6 is 12.4 Å². The van der Waals surface area contributed by atoms with E-state index in [2.05, 4.69) is 4.98 Å². The van der Waals surface area contributed by atoms with Crippen molar-refractivity contribution in [2.75, 3.05) is 0 Å². The van der Waals surface area contributed by atoms with Crippen molar-refractivity contribution in [2.24, 2.45) is 5.41 Å². The second-order valence-corrected chi connectivity index (χ2v) is 4.87. The van der Waals surface area contributed by atoms with Crippen LogP contribution in [-0.4, -0.2) is 11.0 Å². The number of carbonyl (C=O) groups is 1. The van der Waals surface area contributed by atoms with Crippen LogP contribution < -0.4 is 4.74 Å². The number of carbonyl (C=O) groups excluding carboxylic acids is 1. The zero-order valence-corrected chi connectivity index (χ0v) is 10.9. The monoisotopic (exact) mass is 253 g/mol. The second kappa shape index (κ2) is 4.80. The number of aromatic amines is 1. The van der Waals surface area contributed by atoms with Crippen LogP contribution in [0.25, 0.3) is 10.9 Å². The molecule has 0 aliphatic rings. The molecule has 0 atom stereocenters. The van der Waals surface area contributed by atoms with Gasteiger partial charge in [-0.15, -0.1) is 12.4 Å². The predicted molar refractivity (Wildman–Crippen MR) is 70.6 cm³/mol. The van der Waals surface area contributed by atoms with Crippen LogP contribution in [-0.2, 0) is 4.79 Å². The van der Waals surface area contributed by atoms with Gasteiger partial charge >= 0.3 is 5.97 Å². The fourth-order valence-electron chi connectivity index (χ4n) is 1.35. The molecule has 92 valence electrons. The van der Waals surface area contributed by atoms with Gasteiger partial charge in [-0.25, -0.2) is 0 Å². The lowest BCUT2D eigenvalue weighted by molar-refractivity contribution is -0.142. The molecular weight excluding hydrogens is 238 g/mol. The average Bonchev–Trinajstić information content (AvgIpc) is 2.63. The largest absolute Gasteiger partial charge is 0.426 e. The number of aromatic nitrogens is 1. The number of fused-ring (bicyclic) bond motifs is 1. The van der Waals surface area contributed by atoms with E-state index in [9.17, 15) is 4.79 Å². The van der Waals surface area contributed by atoms with Gasteiger partial charge in [0.15, 0.2) is 0 Å². The predicted octanol–water partition coefficient (Wildman–Crippen LogP) is 3.54. The van der Waals surface area contributed by atoms with Crippen LogP contribution in [0.2, 0.25) is 0 Å². The molecule has 1 heterocycles. The lowest BCUT2D eigenvalue weighted by atomic mass is 9.97. The molecule has 0 spiro atoms. The van der Waals surface area contributed by atoms with E-state index in [4.69, 9.17) is 4.74 Å². The van der Waals surface area contributed by atoms with E-state index in [0.717, 1.165) is 10.9 Å². The number of rotatable bonds is 1. The zero-order chi connectivity index (χ0) is 11.8. The molecule has 1 aromatic carbocycles. The van der Waals surface area contributed by atoms with Crippen molar-refractivity contribution in [1.82, 2.24) is 4.98 Å². The fourth-order valence-corrected chi connectivity index (χ4v) is 1.35. The third-order valence-electron chi connectivity index (χ3n) is 2.35. The van der Waals surface area contributed by atoms with Gasteiger partial charge in [0.25, 0.3) is 0 Å². The van der Waals surface area contributed by atoms with Gasteiger partial charge in [0.05, 0.1) is 5.41 Å². The van der Waals surface area contributed by atoms with E-state index in [0.29, 0.717) is 5.75 Å². The Hall–Kier alpha value is -1.48. The van der Waals surface area contributed by atoms with Crippen molar-refractivity contribution in [3.63, 3.8) is 0 Å². The number of H-pyrrole nitrogens is 1. The lowest BCUT2D eigenvalue weighted by Gasteiger charge is -2.16. The molecular formula is C13H16ClNO2. The van der Waals surface area contributed by atoms with E-state index >= 15 is 0 Å². The minimum atomic E-state index is -0.479. The number of esters is 1. The maximum Gasteiger partial charge on any atom is 0.316 e. The van der Waals surface area contributed by atoms with Crippen molar-refractivity contribution in [3.8, 4) is 5.75 Å². The molecule has 0 aliphatic heterocycles. The van der Waals surface area contributed by atoms with Crippen molar-refractivity contribution in [2.45, 2.75) is 20.8 Å². The number of benzene rings is 1. The Balaban J connectivity index is 0.00000144. The summed E-state index contributed by atoms with van der Waals surface area (Å²) in [5.74, 6) is 0.370. The molecule has 17 heavy (non-hydrogen) atoms. The molecule has 0 saturated heterocycles. The van der Waals surface area contributed by atoms with Crippen LogP contribution in [0.1, 0.15) is 20.8 Å². The van der Waals surface area contributed by atoms with Gasteiger partial charge in [-0.3, -0.25) is 4.79 Å². The fraction of sp³-hybridized carbons (Fsp3) is 0.308. The highest BCUT2D eigenvalue weighted by Crippen LogP contribution is 2.23. The highest BCUT2D eigenvalue weighted by Gasteiger charge is 2.23. The normalized spacial score (nSPS) is 11.0. The minimum absolute atomic E-state index is 0. The third-order valence-corrected chi connectivity index (χ3v) is 2.35. The molecule has 3 nitrogen and oxygen atoms in total. The standard InChI is InChI=1S/C13H15NO2.ClH/c1-13(2,3)12(15)16-10-4-5-11-9(8-10)6-7-14-11;/h4-8,14H,1-3H3;1H. The molecule has 1 N–H and O–H groups in total. The van der Waals surface area contributed by atoms with Crippen molar-refractivity contribution in [1.29, 1.82) is 0 Å². The first-order valence-corrected chi connectivity index (χ1v) is 5.26. The SMILES string of the molecule is CC(C)(C)C(=O)Oc1ccc2[nH]ccc2c1.Cl. The van der Waals surface area contributed by atoms with Crippen LogP contribution in [0.4, 0.5) is 0 Å². The topological polar surface area (TPSA) is 42.1 Å².